The van der Waals surface area contributed by atoms with E-state index in [1.165, 1.54) is 22.5 Å². The molecule has 1 aliphatic carbocycles. The molecule has 0 atom stereocenters. The molecule has 4 rings (SSSR count). The van der Waals surface area contributed by atoms with E-state index >= 15 is 0 Å². The fourth-order valence-electron chi connectivity index (χ4n) is 4.34. The van der Waals surface area contributed by atoms with Crippen LogP contribution in [0.4, 0.5) is 4.39 Å². The largest absolute Gasteiger partial charge is 0.379 e. The third kappa shape index (κ3) is 4.16. The molecule has 1 aromatic heterocycles. The summed E-state index contributed by atoms with van der Waals surface area (Å²) in [6.07, 6.45) is 3.90. The number of hydrogen-bond donors (Lipinski definition) is 1. The van der Waals surface area contributed by atoms with Gasteiger partial charge in [0.25, 0.3) is 5.91 Å². The number of carbonyl (C=O) groups excluding carboxylic acids is 1. The Hall–Kier alpha value is -1.81. The zero-order chi connectivity index (χ0) is 21.2. The first-order valence-corrected chi connectivity index (χ1v) is 12.4. The number of benzene rings is 1. The van der Waals surface area contributed by atoms with Crippen LogP contribution >= 0.6 is 11.3 Å². The first kappa shape index (κ1) is 21.4. The fourth-order valence-corrected chi connectivity index (χ4v) is 7.07. The molecule has 6 nitrogen and oxygen atoms in total. The number of ether oxygens (including phenoxy) is 1. The smallest absolute Gasteiger partial charge is 0.262 e. The third-order valence-electron chi connectivity index (χ3n) is 6.03. The number of halogens is 1. The zero-order valence-electron chi connectivity index (χ0n) is 16.6. The van der Waals surface area contributed by atoms with E-state index in [0.717, 1.165) is 42.6 Å². The average molecular weight is 453 g/mol. The molecule has 1 amide bonds. The van der Waals surface area contributed by atoms with Gasteiger partial charge < -0.3 is 10.1 Å². The molecule has 1 aliphatic heterocycles. The minimum absolute atomic E-state index is 0.0501. The molecule has 2 fully saturated rings. The number of hydrogen-bond acceptors (Lipinski definition) is 5. The molecule has 0 bridgehead atoms. The van der Waals surface area contributed by atoms with E-state index in [1.54, 1.807) is 17.5 Å². The number of carbonyl (C=O) groups is 1. The van der Waals surface area contributed by atoms with Crippen molar-refractivity contribution in [3.05, 3.63) is 52.0 Å². The van der Waals surface area contributed by atoms with E-state index < -0.39 is 10.0 Å². The Morgan fingerprint density at radius 2 is 1.80 bits per heavy atom. The molecule has 2 heterocycles. The summed E-state index contributed by atoms with van der Waals surface area (Å²) in [6.45, 7) is 1.67. The summed E-state index contributed by atoms with van der Waals surface area (Å²) >= 11 is 1.13. The molecule has 2 aliphatic rings. The van der Waals surface area contributed by atoms with Gasteiger partial charge in [-0.25, -0.2) is 12.8 Å². The van der Waals surface area contributed by atoms with Gasteiger partial charge in [0.05, 0.1) is 13.2 Å². The molecule has 1 saturated heterocycles. The molecule has 1 aromatic carbocycles. The van der Waals surface area contributed by atoms with Crippen LogP contribution in [0, 0.1) is 5.82 Å². The van der Waals surface area contributed by atoms with Crippen molar-refractivity contribution >= 4 is 27.3 Å². The number of amides is 1. The average Bonchev–Trinajstić information content (AvgIpc) is 3.44. The van der Waals surface area contributed by atoms with Gasteiger partial charge in [0.15, 0.2) is 0 Å². The molecule has 1 saturated carbocycles. The maximum Gasteiger partial charge on any atom is 0.262 e. The number of nitrogens with zero attached hydrogens (tertiary/aromatic N) is 1. The Bertz CT molecular complexity index is 992. The van der Waals surface area contributed by atoms with Crippen LogP contribution in [0.25, 0.3) is 0 Å². The molecular formula is C21H25FN2O4S2. The van der Waals surface area contributed by atoms with E-state index in [2.05, 4.69) is 5.32 Å². The lowest BCUT2D eigenvalue weighted by Gasteiger charge is -2.30. The van der Waals surface area contributed by atoms with Crippen molar-refractivity contribution in [3.63, 3.8) is 0 Å². The molecule has 2 aromatic rings. The van der Waals surface area contributed by atoms with E-state index in [1.807, 2.05) is 0 Å². The predicted molar refractivity (Wildman–Crippen MR) is 113 cm³/mol. The van der Waals surface area contributed by atoms with Crippen LogP contribution in [0.2, 0.25) is 0 Å². The van der Waals surface area contributed by atoms with Crippen molar-refractivity contribution in [2.75, 3.05) is 32.8 Å². The quantitative estimate of drug-likeness (QED) is 0.731. The molecule has 0 unspecified atom stereocenters. The van der Waals surface area contributed by atoms with Crippen LogP contribution in [-0.2, 0) is 20.2 Å². The van der Waals surface area contributed by atoms with Gasteiger partial charge in [0.1, 0.15) is 15.6 Å². The Labute approximate surface area is 180 Å². The van der Waals surface area contributed by atoms with Gasteiger partial charge in [-0.3, -0.25) is 4.79 Å². The second-order valence-corrected chi connectivity index (χ2v) is 10.6. The lowest BCUT2D eigenvalue weighted by molar-refractivity contribution is 0.0730. The fraction of sp³-hybridized carbons (Fsp3) is 0.476. The molecular weight excluding hydrogens is 427 g/mol. The van der Waals surface area contributed by atoms with Crippen molar-refractivity contribution in [3.8, 4) is 0 Å². The standard InChI is InChI=1S/C21H25FN2O4S2/c22-17-5-3-16(4-6-17)21(8-1-2-9-21)15-23-20(25)19-18(7-14-29-19)30(26,27)24-10-12-28-13-11-24/h3-7,14H,1-2,8-13,15H2,(H,23,25). The van der Waals surface area contributed by atoms with Gasteiger partial charge in [-0.15, -0.1) is 11.3 Å². The van der Waals surface area contributed by atoms with Gasteiger partial charge >= 0.3 is 0 Å². The third-order valence-corrected chi connectivity index (χ3v) is 9.01. The van der Waals surface area contributed by atoms with Crippen LogP contribution in [0.1, 0.15) is 40.9 Å². The van der Waals surface area contributed by atoms with E-state index in [0.29, 0.717) is 19.8 Å². The number of nitrogens with one attached hydrogen (secondary N) is 1. The minimum Gasteiger partial charge on any atom is -0.379 e. The SMILES string of the molecule is O=C(NCC1(c2ccc(F)cc2)CCCC1)c1sccc1S(=O)(=O)N1CCOCC1. The highest BCUT2D eigenvalue weighted by Crippen LogP contribution is 2.40. The van der Waals surface area contributed by atoms with Crippen LogP contribution < -0.4 is 5.32 Å². The highest BCUT2D eigenvalue weighted by molar-refractivity contribution is 7.89. The summed E-state index contributed by atoms with van der Waals surface area (Å²) in [5.41, 5.74) is 0.762. The first-order valence-electron chi connectivity index (χ1n) is 10.1. The lowest BCUT2D eigenvalue weighted by Crippen LogP contribution is -2.42. The monoisotopic (exact) mass is 452 g/mol. The number of rotatable bonds is 6. The van der Waals surface area contributed by atoms with Crippen molar-refractivity contribution in [1.82, 2.24) is 9.62 Å². The van der Waals surface area contributed by atoms with Crippen LogP contribution in [0.5, 0.6) is 0 Å². The van der Waals surface area contributed by atoms with Crippen molar-refractivity contribution in [1.29, 1.82) is 0 Å². The normalized spacial score (nSPS) is 19.6. The van der Waals surface area contributed by atoms with Crippen LogP contribution in [-0.4, -0.2) is 51.5 Å². The molecule has 1 N–H and O–H groups in total. The Morgan fingerprint density at radius 3 is 2.47 bits per heavy atom. The molecule has 9 heteroatoms. The van der Waals surface area contributed by atoms with Crippen molar-refractivity contribution < 1.29 is 22.3 Å². The van der Waals surface area contributed by atoms with Gasteiger partial charge in [-0.1, -0.05) is 25.0 Å². The molecule has 162 valence electrons. The maximum absolute atomic E-state index is 13.4. The van der Waals surface area contributed by atoms with E-state index in [4.69, 9.17) is 4.74 Å². The van der Waals surface area contributed by atoms with E-state index in [-0.39, 0.29) is 40.0 Å². The van der Waals surface area contributed by atoms with Gasteiger partial charge in [-0.05, 0) is 42.0 Å². The summed E-state index contributed by atoms with van der Waals surface area (Å²) in [5, 5.41) is 4.60. The number of sulfonamides is 1. The first-order chi connectivity index (χ1) is 14.4. The number of morpholine rings is 1. The highest BCUT2D eigenvalue weighted by atomic mass is 32.2. The van der Waals surface area contributed by atoms with Gasteiger partial charge in [-0.2, -0.15) is 4.31 Å². The van der Waals surface area contributed by atoms with Crippen LogP contribution in [0.15, 0.2) is 40.6 Å². The van der Waals surface area contributed by atoms with Crippen LogP contribution in [0.3, 0.4) is 0 Å². The Morgan fingerprint density at radius 1 is 1.13 bits per heavy atom. The second kappa shape index (κ2) is 8.74. The van der Waals surface area contributed by atoms with Crippen molar-refractivity contribution in [2.24, 2.45) is 0 Å². The zero-order valence-corrected chi connectivity index (χ0v) is 18.2. The Kier molecular flexibility index (Phi) is 6.24. The summed E-state index contributed by atoms with van der Waals surface area (Å²) in [4.78, 5) is 13.2. The summed E-state index contributed by atoms with van der Waals surface area (Å²) in [6, 6.07) is 7.96. The lowest BCUT2D eigenvalue weighted by atomic mass is 9.79. The summed E-state index contributed by atoms with van der Waals surface area (Å²) in [5.74, 6) is -0.669. The van der Waals surface area contributed by atoms with Crippen molar-refractivity contribution in [2.45, 2.75) is 36.0 Å². The highest BCUT2D eigenvalue weighted by Gasteiger charge is 2.37. The van der Waals surface area contributed by atoms with E-state index in [9.17, 15) is 17.6 Å². The van der Waals surface area contributed by atoms with Gasteiger partial charge in [0, 0.05) is 25.0 Å². The molecule has 0 spiro atoms. The summed E-state index contributed by atoms with van der Waals surface area (Å²) in [7, 11) is -3.74. The predicted octanol–water partition coefficient (Wildman–Crippen LogP) is 3.15. The molecule has 0 radical (unpaired) electrons. The summed E-state index contributed by atoms with van der Waals surface area (Å²) < 4.78 is 46.0. The van der Waals surface area contributed by atoms with Gasteiger partial charge in [0.2, 0.25) is 10.0 Å². The minimum atomic E-state index is -3.74. The maximum atomic E-state index is 13.4. The second-order valence-electron chi connectivity index (χ2n) is 7.81. The number of thiophene rings is 1. The Balaban J connectivity index is 1.52. The topological polar surface area (TPSA) is 75.7 Å². The molecule has 30 heavy (non-hydrogen) atoms.